The molecule has 5 heteroatoms. The third-order valence-corrected chi connectivity index (χ3v) is 2.41. The number of guanidine groups is 1. The monoisotopic (exact) mass is 252 g/mol. The van der Waals surface area contributed by atoms with Crippen LogP contribution in [0.4, 0.5) is 0 Å². The first kappa shape index (κ1) is 16.3. The van der Waals surface area contributed by atoms with Crippen molar-refractivity contribution in [2.45, 2.75) is 27.2 Å². The summed E-state index contributed by atoms with van der Waals surface area (Å²) in [6.45, 7) is 9.08. The van der Waals surface area contributed by atoms with Crippen LogP contribution in [0.5, 0.6) is 0 Å². The van der Waals surface area contributed by atoms with E-state index in [1.165, 1.54) is 0 Å². The van der Waals surface area contributed by atoms with Crippen molar-refractivity contribution in [2.24, 2.45) is 4.99 Å². The van der Waals surface area contributed by atoms with Crippen molar-refractivity contribution in [2.75, 3.05) is 32.7 Å². The van der Waals surface area contributed by atoms with Crippen LogP contribution in [0.3, 0.4) is 0 Å². The Labute approximate surface area is 110 Å². The molecule has 0 radical (unpaired) electrons. The van der Waals surface area contributed by atoms with Gasteiger partial charge in [-0.2, -0.15) is 0 Å². The number of carbonyl (C=O) groups is 1. The lowest BCUT2D eigenvalue weighted by atomic mass is 10.3. The van der Waals surface area contributed by atoms with Gasteiger partial charge in [-0.1, -0.05) is 5.92 Å². The molecule has 2 N–H and O–H groups in total. The molecule has 0 spiro atoms. The summed E-state index contributed by atoms with van der Waals surface area (Å²) in [5.74, 6) is 3.28. The second-order valence-electron chi connectivity index (χ2n) is 3.63. The number of nitrogens with zero attached hydrogens (tertiary/aromatic N) is 2. The molecular weight excluding hydrogens is 228 g/mol. The Morgan fingerprint density at radius 1 is 1.28 bits per heavy atom. The topological polar surface area (TPSA) is 56.7 Å². The van der Waals surface area contributed by atoms with Gasteiger partial charge in [-0.15, -0.1) is 6.42 Å². The third kappa shape index (κ3) is 6.79. The van der Waals surface area contributed by atoms with Gasteiger partial charge in [0.1, 0.15) is 0 Å². The molecule has 0 saturated heterocycles. The molecule has 0 aliphatic carbocycles. The van der Waals surface area contributed by atoms with Gasteiger partial charge in [0.25, 0.3) is 0 Å². The van der Waals surface area contributed by atoms with Crippen LogP contribution in [-0.2, 0) is 4.79 Å². The van der Waals surface area contributed by atoms with Gasteiger partial charge >= 0.3 is 0 Å². The molecule has 0 fully saturated rings. The predicted molar refractivity (Wildman–Crippen MR) is 75.4 cm³/mol. The molecule has 0 aromatic heterocycles. The minimum atomic E-state index is 0.136. The second-order valence-corrected chi connectivity index (χ2v) is 3.63. The minimum absolute atomic E-state index is 0.136. The highest BCUT2D eigenvalue weighted by molar-refractivity contribution is 5.81. The maximum atomic E-state index is 11.7. The van der Waals surface area contributed by atoms with E-state index in [-0.39, 0.29) is 5.91 Å². The number of hydrogen-bond acceptors (Lipinski definition) is 2. The fourth-order valence-electron chi connectivity index (χ4n) is 1.47. The Kier molecular flexibility index (Phi) is 9.47. The fourth-order valence-corrected chi connectivity index (χ4v) is 1.47. The molecule has 0 aliphatic rings. The minimum Gasteiger partial charge on any atom is -0.357 e. The van der Waals surface area contributed by atoms with Gasteiger partial charge in [0, 0.05) is 26.1 Å². The molecule has 0 aromatic rings. The molecule has 0 aromatic carbocycles. The first-order valence-corrected chi connectivity index (χ1v) is 6.42. The van der Waals surface area contributed by atoms with Crippen LogP contribution in [0.15, 0.2) is 4.99 Å². The van der Waals surface area contributed by atoms with Gasteiger partial charge in [-0.3, -0.25) is 9.79 Å². The zero-order chi connectivity index (χ0) is 13.8. The Balaban J connectivity index is 4.16. The average Bonchev–Trinajstić information content (AvgIpc) is 2.37. The van der Waals surface area contributed by atoms with E-state index >= 15 is 0 Å². The SMILES string of the molecule is C#CCNC(=NCCC(=O)N(CC)CC)NCC. The van der Waals surface area contributed by atoms with Gasteiger partial charge in [-0.25, -0.2) is 0 Å². The Bertz CT molecular complexity index is 303. The molecule has 0 heterocycles. The molecule has 18 heavy (non-hydrogen) atoms. The number of terminal acetylenes is 1. The van der Waals surface area contributed by atoms with Crippen LogP contribution < -0.4 is 10.6 Å². The highest BCUT2D eigenvalue weighted by Gasteiger charge is 2.08. The average molecular weight is 252 g/mol. The first-order valence-electron chi connectivity index (χ1n) is 6.42. The molecule has 0 unspecified atom stereocenters. The number of rotatable bonds is 7. The molecule has 102 valence electrons. The van der Waals surface area contributed by atoms with Gasteiger partial charge in [0.2, 0.25) is 5.91 Å². The lowest BCUT2D eigenvalue weighted by molar-refractivity contribution is -0.130. The van der Waals surface area contributed by atoms with Gasteiger partial charge in [-0.05, 0) is 20.8 Å². The standard InChI is InChI=1S/C13H24N4O/c1-5-10-15-13(14-6-2)16-11-9-12(18)17(7-3)8-4/h1H,6-11H2,2-4H3,(H2,14,15,16). The van der Waals surface area contributed by atoms with E-state index in [4.69, 9.17) is 6.42 Å². The largest absolute Gasteiger partial charge is 0.357 e. The zero-order valence-electron chi connectivity index (χ0n) is 11.6. The Morgan fingerprint density at radius 2 is 1.94 bits per heavy atom. The van der Waals surface area contributed by atoms with Crippen molar-refractivity contribution in [3.8, 4) is 12.3 Å². The second kappa shape index (κ2) is 10.5. The summed E-state index contributed by atoms with van der Waals surface area (Å²) in [7, 11) is 0. The van der Waals surface area contributed by atoms with Gasteiger partial charge < -0.3 is 15.5 Å². The molecule has 0 aliphatic heterocycles. The predicted octanol–water partition coefficient (Wildman–Crippen LogP) is 0.433. The van der Waals surface area contributed by atoms with Crippen LogP contribution in [0.25, 0.3) is 0 Å². The van der Waals surface area contributed by atoms with Crippen LogP contribution in [0.1, 0.15) is 27.2 Å². The number of aliphatic imine (C=N–C) groups is 1. The van der Waals surface area contributed by atoms with Crippen molar-refractivity contribution in [1.82, 2.24) is 15.5 Å². The van der Waals surface area contributed by atoms with E-state index in [1.54, 1.807) is 4.90 Å². The highest BCUT2D eigenvalue weighted by atomic mass is 16.2. The number of carbonyl (C=O) groups excluding carboxylic acids is 1. The van der Waals surface area contributed by atoms with Crippen molar-refractivity contribution in [3.05, 3.63) is 0 Å². The summed E-state index contributed by atoms with van der Waals surface area (Å²) >= 11 is 0. The van der Waals surface area contributed by atoms with Crippen LogP contribution in [0, 0.1) is 12.3 Å². The molecule has 5 nitrogen and oxygen atoms in total. The van der Waals surface area contributed by atoms with Crippen LogP contribution >= 0.6 is 0 Å². The molecule has 0 atom stereocenters. The quantitative estimate of drug-likeness (QED) is 0.392. The van der Waals surface area contributed by atoms with E-state index in [0.717, 1.165) is 19.6 Å². The summed E-state index contributed by atoms with van der Waals surface area (Å²) in [4.78, 5) is 17.8. The van der Waals surface area contributed by atoms with Crippen molar-refractivity contribution >= 4 is 11.9 Å². The summed E-state index contributed by atoms with van der Waals surface area (Å²) in [6, 6.07) is 0. The lowest BCUT2D eigenvalue weighted by Gasteiger charge is -2.18. The van der Waals surface area contributed by atoms with Crippen molar-refractivity contribution in [1.29, 1.82) is 0 Å². The maximum absolute atomic E-state index is 11.7. The number of amides is 1. The molecule has 0 rings (SSSR count). The Hall–Kier alpha value is -1.70. The number of nitrogens with one attached hydrogen (secondary N) is 2. The highest BCUT2D eigenvalue weighted by Crippen LogP contribution is 1.94. The summed E-state index contributed by atoms with van der Waals surface area (Å²) in [5.41, 5.74) is 0. The number of hydrogen-bond donors (Lipinski definition) is 2. The maximum Gasteiger partial charge on any atom is 0.224 e. The van der Waals surface area contributed by atoms with Gasteiger partial charge in [0.05, 0.1) is 13.1 Å². The molecule has 0 saturated carbocycles. The molecular formula is C13H24N4O. The third-order valence-electron chi connectivity index (χ3n) is 2.41. The van der Waals surface area contributed by atoms with E-state index in [2.05, 4.69) is 21.5 Å². The fraction of sp³-hybridized carbons (Fsp3) is 0.692. The zero-order valence-corrected chi connectivity index (χ0v) is 11.6. The van der Waals surface area contributed by atoms with E-state index in [0.29, 0.717) is 25.5 Å². The Morgan fingerprint density at radius 3 is 2.44 bits per heavy atom. The lowest BCUT2D eigenvalue weighted by Crippen LogP contribution is -2.38. The normalized spacial score (nSPS) is 10.7. The van der Waals surface area contributed by atoms with E-state index in [9.17, 15) is 4.79 Å². The van der Waals surface area contributed by atoms with E-state index < -0.39 is 0 Å². The van der Waals surface area contributed by atoms with Crippen molar-refractivity contribution in [3.63, 3.8) is 0 Å². The van der Waals surface area contributed by atoms with Gasteiger partial charge in [0.15, 0.2) is 5.96 Å². The smallest absolute Gasteiger partial charge is 0.224 e. The summed E-state index contributed by atoms with van der Waals surface area (Å²) in [5, 5.41) is 6.05. The molecule has 1 amide bonds. The van der Waals surface area contributed by atoms with Crippen LogP contribution in [0.2, 0.25) is 0 Å². The van der Waals surface area contributed by atoms with Crippen molar-refractivity contribution < 1.29 is 4.79 Å². The summed E-state index contributed by atoms with van der Waals surface area (Å²) in [6.07, 6.45) is 5.59. The van der Waals surface area contributed by atoms with Crippen LogP contribution in [-0.4, -0.2) is 49.5 Å². The summed E-state index contributed by atoms with van der Waals surface area (Å²) < 4.78 is 0. The molecule has 0 bridgehead atoms. The first-order chi connectivity index (χ1) is 8.69. The van der Waals surface area contributed by atoms with E-state index in [1.807, 2.05) is 20.8 Å².